The van der Waals surface area contributed by atoms with Crippen LogP contribution in [0.4, 0.5) is 11.8 Å². The summed E-state index contributed by atoms with van der Waals surface area (Å²) in [7, 11) is 1.53. The van der Waals surface area contributed by atoms with Crippen molar-refractivity contribution < 1.29 is 4.74 Å². The summed E-state index contributed by atoms with van der Waals surface area (Å²) in [6, 6.07) is 1.71. The topological polar surface area (TPSA) is 64.3 Å². The molecule has 1 aromatic rings. The zero-order valence-electron chi connectivity index (χ0n) is 8.90. The predicted octanol–water partition coefficient (Wildman–Crippen LogP) is 0.527. The first-order valence-electron chi connectivity index (χ1n) is 4.58. The van der Waals surface area contributed by atoms with Gasteiger partial charge >= 0.3 is 0 Å². The fourth-order valence-electron chi connectivity index (χ4n) is 1.16. The van der Waals surface area contributed by atoms with Crippen LogP contribution in [0.25, 0.3) is 0 Å². The molecule has 1 heterocycles. The van der Waals surface area contributed by atoms with E-state index < -0.39 is 0 Å². The number of methoxy groups -OCH3 is 1. The van der Waals surface area contributed by atoms with Crippen LogP contribution in [0.5, 0.6) is 5.88 Å². The molecule has 2 N–H and O–H groups in total. The average molecular weight is 206 g/mol. The fourth-order valence-corrected chi connectivity index (χ4v) is 1.16. The quantitative estimate of drug-likeness (QED) is 0.728. The van der Waals surface area contributed by atoms with E-state index in [1.165, 1.54) is 7.11 Å². The van der Waals surface area contributed by atoms with Crippen LogP contribution in [0.15, 0.2) is 6.07 Å². The lowest BCUT2D eigenvalue weighted by atomic mass is 10.4. The van der Waals surface area contributed by atoms with Crippen molar-refractivity contribution in [2.75, 3.05) is 30.8 Å². The van der Waals surface area contributed by atoms with E-state index in [4.69, 9.17) is 16.9 Å². The van der Waals surface area contributed by atoms with Gasteiger partial charge in [-0.2, -0.15) is 9.97 Å². The number of ether oxygens (including phenoxy) is 1. The minimum absolute atomic E-state index is 0.180. The molecule has 0 atom stereocenters. The highest BCUT2D eigenvalue weighted by Gasteiger charge is 2.08. The van der Waals surface area contributed by atoms with Crippen LogP contribution < -0.4 is 15.4 Å². The molecule has 0 saturated heterocycles. The Morgan fingerprint density at radius 3 is 2.87 bits per heavy atom. The summed E-state index contributed by atoms with van der Waals surface area (Å²) in [4.78, 5) is 9.89. The van der Waals surface area contributed by atoms with Crippen LogP contribution in [0, 0.1) is 12.3 Å². The highest BCUT2D eigenvalue weighted by Crippen LogP contribution is 2.17. The number of anilines is 2. The SMILES string of the molecule is C#CCN(CC)c1cc(OC)nc(N)n1. The molecule has 1 rings (SSSR count). The first-order chi connectivity index (χ1) is 7.21. The van der Waals surface area contributed by atoms with Crippen molar-refractivity contribution in [2.24, 2.45) is 0 Å². The van der Waals surface area contributed by atoms with Crippen molar-refractivity contribution in [2.45, 2.75) is 6.92 Å². The average Bonchev–Trinajstić information content (AvgIpc) is 2.24. The van der Waals surface area contributed by atoms with Gasteiger partial charge in [-0.05, 0) is 6.92 Å². The van der Waals surface area contributed by atoms with E-state index in [0.29, 0.717) is 18.2 Å². The smallest absolute Gasteiger partial charge is 0.225 e. The fraction of sp³-hybridized carbons (Fsp3) is 0.400. The highest BCUT2D eigenvalue weighted by atomic mass is 16.5. The minimum Gasteiger partial charge on any atom is -0.481 e. The number of hydrogen-bond acceptors (Lipinski definition) is 5. The Labute approximate surface area is 89.3 Å². The molecule has 0 fully saturated rings. The van der Waals surface area contributed by atoms with Gasteiger partial charge in [-0.25, -0.2) is 0 Å². The third kappa shape index (κ3) is 2.74. The number of nitrogens with two attached hydrogens (primary N) is 1. The number of aromatic nitrogens is 2. The van der Waals surface area contributed by atoms with Gasteiger partial charge in [0.1, 0.15) is 5.82 Å². The van der Waals surface area contributed by atoms with Crippen molar-refractivity contribution >= 4 is 11.8 Å². The monoisotopic (exact) mass is 206 g/mol. The van der Waals surface area contributed by atoms with Gasteiger partial charge in [0.05, 0.1) is 13.7 Å². The van der Waals surface area contributed by atoms with Gasteiger partial charge in [-0.3, -0.25) is 0 Å². The predicted molar refractivity (Wildman–Crippen MR) is 59.7 cm³/mol. The van der Waals surface area contributed by atoms with Crippen LogP contribution in [-0.2, 0) is 0 Å². The second-order valence-electron chi connectivity index (χ2n) is 2.85. The molecule has 5 nitrogen and oxygen atoms in total. The largest absolute Gasteiger partial charge is 0.481 e. The Hall–Kier alpha value is -1.96. The molecule has 80 valence electrons. The van der Waals surface area contributed by atoms with Crippen LogP contribution in [-0.4, -0.2) is 30.2 Å². The number of terminal acetylenes is 1. The maximum Gasteiger partial charge on any atom is 0.225 e. The van der Waals surface area contributed by atoms with Crippen molar-refractivity contribution in [1.82, 2.24) is 9.97 Å². The summed E-state index contributed by atoms with van der Waals surface area (Å²) in [5.41, 5.74) is 5.54. The van der Waals surface area contributed by atoms with Crippen molar-refractivity contribution in [3.63, 3.8) is 0 Å². The summed E-state index contributed by atoms with van der Waals surface area (Å²) >= 11 is 0. The van der Waals surface area contributed by atoms with E-state index >= 15 is 0 Å². The molecule has 0 bridgehead atoms. The molecule has 0 unspecified atom stereocenters. The molecule has 0 amide bonds. The number of nitrogen functional groups attached to an aromatic ring is 1. The third-order valence-corrected chi connectivity index (χ3v) is 1.90. The molecule has 1 aromatic heterocycles. The lowest BCUT2D eigenvalue weighted by Gasteiger charge is -2.19. The lowest BCUT2D eigenvalue weighted by Crippen LogP contribution is -2.24. The van der Waals surface area contributed by atoms with Gasteiger partial charge in [0, 0.05) is 12.6 Å². The van der Waals surface area contributed by atoms with Gasteiger partial charge in [-0.1, -0.05) is 5.92 Å². The third-order valence-electron chi connectivity index (χ3n) is 1.90. The Balaban J connectivity index is 3.01. The molecule has 15 heavy (non-hydrogen) atoms. The molecule has 0 saturated carbocycles. The van der Waals surface area contributed by atoms with Crippen LogP contribution >= 0.6 is 0 Å². The summed E-state index contributed by atoms with van der Waals surface area (Å²) in [5, 5.41) is 0. The molecular weight excluding hydrogens is 192 g/mol. The number of hydrogen-bond donors (Lipinski definition) is 1. The zero-order chi connectivity index (χ0) is 11.3. The number of rotatable bonds is 4. The number of nitrogens with zero attached hydrogens (tertiary/aromatic N) is 3. The van der Waals surface area contributed by atoms with Crippen molar-refractivity contribution in [3.05, 3.63) is 6.07 Å². The van der Waals surface area contributed by atoms with E-state index in [1.807, 2.05) is 11.8 Å². The second-order valence-corrected chi connectivity index (χ2v) is 2.85. The Bertz CT molecular complexity index is 372. The molecule has 0 aliphatic heterocycles. The van der Waals surface area contributed by atoms with E-state index in [0.717, 1.165) is 6.54 Å². The normalized spacial score (nSPS) is 9.40. The first kappa shape index (κ1) is 11.1. The minimum atomic E-state index is 0.180. The summed E-state index contributed by atoms with van der Waals surface area (Å²) in [6.07, 6.45) is 5.25. The Morgan fingerprint density at radius 1 is 1.60 bits per heavy atom. The van der Waals surface area contributed by atoms with Crippen LogP contribution in [0.1, 0.15) is 6.92 Å². The van der Waals surface area contributed by atoms with Gasteiger partial charge < -0.3 is 15.4 Å². The van der Waals surface area contributed by atoms with Gasteiger partial charge in [0.25, 0.3) is 0 Å². The zero-order valence-corrected chi connectivity index (χ0v) is 8.90. The molecule has 5 heteroatoms. The van der Waals surface area contributed by atoms with Crippen molar-refractivity contribution in [3.8, 4) is 18.2 Å². The van der Waals surface area contributed by atoms with Gasteiger partial charge in [0.15, 0.2) is 0 Å². The van der Waals surface area contributed by atoms with Crippen LogP contribution in [0.2, 0.25) is 0 Å². The maximum absolute atomic E-state index is 5.54. The molecule has 0 spiro atoms. The van der Waals surface area contributed by atoms with E-state index in [-0.39, 0.29) is 5.95 Å². The highest BCUT2D eigenvalue weighted by molar-refractivity contribution is 5.46. The standard InChI is InChI=1S/C10H14N4O/c1-4-6-14(5-2)8-7-9(15-3)13-10(11)12-8/h1,7H,5-6H2,2-3H3,(H2,11,12,13). The molecule has 0 aromatic carbocycles. The van der Waals surface area contributed by atoms with E-state index in [1.54, 1.807) is 6.07 Å². The first-order valence-corrected chi connectivity index (χ1v) is 4.58. The summed E-state index contributed by atoms with van der Waals surface area (Å²) in [6.45, 7) is 3.22. The summed E-state index contributed by atoms with van der Waals surface area (Å²) in [5.74, 6) is 3.86. The lowest BCUT2D eigenvalue weighted by molar-refractivity contribution is 0.397. The maximum atomic E-state index is 5.54. The van der Waals surface area contributed by atoms with Crippen LogP contribution in [0.3, 0.4) is 0 Å². The Kier molecular flexibility index (Phi) is 3.75. The molecule has 0 aliphatic rings. The molecule has 0 radical (unpaired) electrons. The second kappa shape index (κ2) is 5.05. The molecular formula is C10H14N4O. The van der Waals surface area contributed by atoms with Crippen molar-refractivity contribution in [1.29, 1.82) is 0 Å². The summed E-state index contributed by atoms with van der Waals surface area (Å²) < 4.78 is 5.00. The van der Waals surface area contributed by atoms with Gasteiger partial charge in [0.2, 0.25) is 11.8 Å². The van der Waals surface area contributed by atoms with Gasteiger partial charge in [-0.15, -0.1) is 6.42 Å². The molecule has 0 aliphatic carbocycles. The van der Waals surface area contributed by atoms with E-state index in [2.05, 4.69) is 15.9 Å². The van der Waals surface area contributed by atoms with E-state index in [9.17, 15) is 0 Å². The Morgan fingerprint density at radius 2 is 2.33 bits per heavy atom.